The lowest BCUT2D eigenvalue weighted by Gasteiger charge is -2.12. The average molecular weight is 384 g/mol. The molecule has 0 spiro atoms. The number of hydrogen-bond acceptors (Lipinski definition) is 7. The van der Waals surface area contributed by atoms with E-state index >= 15 is 0 Å². The van der Waals surface area contributed by atoms with Gasteiger partial charge in [0.15, 0.2) is 10.7 Å². The summed E-state index contributed by atoms with van der Waals surface area (Å²) in [6.45, 7) is 5.07. The summed E-state index contributed by atoms with van der Waals surface area (Å²) >= 11 is 1.31. The van der Waals surface area contributed by atoms with Crippen molar-refractivity contribution >= 4 is 32.3 Å². The molecule has 7 nitrogen and oxygen atoms in total. The Bertz CT molecular complexity index is 892. The number of nitrogens with one attached hydrogen (secondary N) is 1. The number of carbonyl (C=O) groups is 1. The summed E-state index contributed by atoms with van der Waals surface area (Å²) in [5.41, 5.74) is 1.53. The van der Waals surface area contributed by atoms with Crippen LogP contribution in [0.15, 0.2) is 9.42 Å². The summed E-state index contributed by atoms with van der Waals surface area (Å²) in [7, 11) is -3.91. The van der Waals surface area contributed by atoms with Crippen LogP contribution in [-0.4, -0.2) is 26.2 Å². The minimum Gasteiger partial charge on any atom is -0.462 e. The molecule has 0 aliphatic heterocycles. The molecular formula is C16H20N2O5S2. The Morgan fingerprint density at radius 1 is 1.32 bits per heavy atom. The highest BCUT2D eigenvalue weighted by Gasteiger charge is 2.31. The maximum atomic E-state index is 12.8. The molecule has 0 fully saturated rings. The monoisotopic (exact) mass is 384 g/mol. The smallest absolute Gasteiger partial charge is 0.341 e. The first-order valence-corrected chi connectivity index (χ1v) is 10.4. The summed E-state index contributed by atoms with van der Waals surface area (Å²) in [6, 6.07) is 0. The highest BCUT2D eigenvalue weighted by molar-refractivity contribution is 7.93. The van der Waals surface area contributed by atoms with Gasteiger partial charge in [0, 0.05) is 4.88 Å². The third-order valence-electron chi connectivity index (χ3n) is 4.11. The summed E-state index contributed by atoms with van der Waals surface area (Å²) in [5.74, 6) is -0.276. The van der Waals surface area contributed by atoms with E-state index in [0.29, 0.717) is 10.6 Å². The first-order valence-electron chi connectivity index (χ1n) is 8.12. The quantitative estimate of drug-likeness (QED) is 0.795. The van der Waals surface area contributed by atoms with E-state index in [0.717, 1.165) is 36.1 Å². The first-order chi connectivity index (χ1) is 11.8. The van der Waals surface area contributed by atoms with Crippen LogP contribution in [0.3, 0.4) is 0 Å². The molecule has 0 saturated heterocycles. The zero-order chi connectivity index (χ0) is 18.2. The van der Waals surface area contributed by atoms with Crippen LogP contribution in [0.1, 0.15) is 52.0 Å². The van der Waals surface area contributed by atoms with E-state index in [1.807, 2.05) is 0 Å². The highest BCUT2D eigenvalue weighted by Crippen LogP contribution is 2.39. The van der Waals surface area contributed by atoms with Crippen LogP contribution in [0.4, 0.5) is 5.00 Å². The molecule has 25 heavy (non-hydrogen) atoms. The van der Waals surface area contributed by atoms with Crippen molar-refractivity contribution < 1.29 is 22.5 Å². The standard InChI is InChI=1S/C16H20N2O5S2/c1-4-22-16(19)13-11-7-5-6-8-12(11)24-15(13)18-25(20,21)14-9(2)17-23-10(14)3/h18H,4-8H2,1-3H3. The Morgan fingerprint density at radius 2 is 2.04 bits per heavy atom. The number of anilines is 1. The number of sulfonamides is 1. The minimum absolute atomic E-state index is 0.00804. The molecule has 0 radical (unpaired) electrons. The number of esters is 1. The normalized spacial score (nSPS) is 14.2. The minimum atomic E-state index is -3.91. The third kappa shape index (κ3) is 3.30. The number of aromatic nitrogens is 1. The van der Waals surface area contributed by atoms with E-state index in [2.05, 4.69) is 9.88 Å². The fourth-order valence-electron chi connectivity index (χ4n) is 3.09. The maximum absolute atomic E-state index is 12.8. The Balaban J connectivity index is 2.05. The molecule has 1 aliphatic rings. The molecule has 2 aromatic rings. The summed E-state index contributed by atoms with van der Waals surface area (Å²) < 4.78 is 38.3. The molecule has 0 atom stereocenters. The van der Waals surface area contributed by atoms with E-state index in [9.17, 15) is 13.2 Å². The molecule has 0 saturated carbocycles. The van der Waals surface area contributed by atoms with Crippen molar-refractivity contribution in [1.82, 2.24) is 5.16 Å². The molecule has 0 amide bonds. The van der Waals surface area contributed by atoms with Crippen LogP contribution in [0.2, 0.25) is 0 Å². The fraction of sp³-hybridized carbons (Fsp3) is 0.500. The van der Waals surface area contributed by atoms with Gasteiger partial charge in [0.2, 0.25) is 0 Å². The zero-order valence-corrected chi connectivity index (χ0v) is 16.0. The summed E-state index contributed by atoms with van der Waals surface area (Å²) in [5, 5.41) is 4.00. The summed E-state index contributed by atoms with van der Waals surface area (Å²) in [6.07, 6.45) is 3.62. The molecule has 0 aromatic carbocycles. The van der Waals surface area contributed by atoms with Crippen molar-refractivity contribution in [2.75, 3.05) is 11.3 Å². The largest absolute Gasteiger partial charge is 0.462 e. The molecule has 1 N–H and O–H groups in total. The average Bonchev–Trinajstić information content (AvgIpc) is 3.06. The van der Waals surface area contributed by atoms with Crippen molar-refractivity contribution in [2.45, 2.75) is 51.3 Å². The highest BCUT2D eigenvalue weighted by atomic mass is 32.2. The fourth-order valence-corrected chi connectivity index (χ4v) is 6.00. The number of nitrogens with zero attached hydrogens (tertiary/aromatic N) is 1. The molecule has 2 heterocycles. The zero-order valence-electron chi connectivity index (χ0n) is 14.3. The van der Waals surface area contributed by atoms with Crippen molar-refractivity contribution in [3.8, 4) is 0 Å². The van der Waals surface area contributed by atoms with Gasteiger partial charge >= 0.3 is 5.97 Å². The lowest BCUT2D eigenvalue weighted by atomic mass is 9.95. The van der Waals surface area contributed by atoms with Gasteiger partial charge < -0.3 is 9.26 Å². The topological polar surface area (TPSA) is 98.5 Å². The van der Waals surface area contributed by atoms with Gasteiger partial charge in [-0.1, -0.05) is 5.16 Å². The van der Waals surface area contributed by atoms with Gasteiger partial charge in [0.25, 0.3) is 10.0 Å². The second-order valence-electron chi connectivity index (χ2n) is 5.89. The van der Waals surface area contributed by atoms with Gasteiger partial charge in [0.05, 0.1) is 12.2 Å². The number of thiophene rings is 1. The first kappa shape index (κ1) is 17.9. The van der Waals surface area contributed by atoms with Crippen LogP contribution in [-0.2, 0) is 27.6 Å². The van der Waals surface area contributed by atoms with Crippen LogP contribution in [0.5, 0.6) is 0 Å². The SMILES string of the molecule is CCOC(=O)c1c(NS(=O)(=O)c2c(C)noc2C)sc2c1CCCC2. The lowest BCUT2D eigenvalue weighted by molar-refractivity contribution is 0.0526. The Kier molecular flexibility index (Phi) is 4.88. The number of ether oxygens (including phenoxy) is 1. The van der Waals surface area contributed by atoms with Gasteiger partial charge in [-0.2, -0.15) is 0 Å². The van der Waals surface area contributed by atoms with Crippen molar-refractivity contribution in [2.24, 2.45) is 0 Å². The van der Waals surface area contributed by atoms with Crippen LogP contribution in [0, 0.1) is 13.8 Å². The second-order valence-corrected chi connectivity index (χ2v) is 8.62. The Labute approximate surface area is 150 Å². The third-order valence-corrected chi connectivity index (χ3v) is 7.04. The van der Waals surface area contributed by atoms with E-state index in [-0.39, 0.29) is 23.0 Å². The summed E-state index contributed by atoms with van der Waals surface area (Å²) in [4.78, 5) is 13.5. The van der Waals surface area contributed by atoms with Gasteiger partial charge in [-0.15, -0.1) is 11.3 Å². The van der Waals surface area contributed by atoms with E-state index in [1.54, 1.807) is 20.8 Å². The predicted molar refractivity (Wildman–Crippen MR) is 93.7 cm³/mol. The number of rotatable bonds is 5. The van der Waals surface area contributed by atoms with Crippen LogP contribution >= 0.6 is 11.3 Å². The van der Waals surface area contributed by atoms with Crippen LogP contribution < -0.4 is 4.72 Å². The molecular weight excluding hydrogens is 364 g/mol. The molecule has 1 aliphatic carbocycles. The number of aryl methyl sites for hydroxylation is 3. The molecule has 0 bridgehead atoms. The lowest BCUT2D eigenvalue weighted by Crippen LogP contribution is -2.17. The van der Waals surface area contributed by atoms with Crippen molar-refractivity contribution in [1.29, 1.82) is 0 Å². The molecule has 136 valence electrons. The number of hydrogen-bond donors (Lipinski definition) is 1. The van der Waals surface area contributed by atoms with Gasteiger partial charge in [-0.3, -0.25) is 4.72 Å². The van der Waals surface area contributed by atoms with Crippen molar-refractivity contribution in [3.05, 3.63) is 27.5 Å². The van der Waals surface area contributed by atoms with Crippen molar-refractivity contribution in [3.63, 3.8) is 0 Å². The van der Waals surface area contributed by atoms with E-state index < -0.39 is 16.0 Å². The van der Waals surface area contributed by atoms with Gasteiger partial charge in [-0.25, -0.2) is 13.2 Å². The second kappa shape index (κ2) is 6.80. The number of carbonyl (C=O) groups excluding carboxylic acids is 1. The van der Waals surface area contributed by atoms with Crippen LogP contribution in [0.25, 0.3) is 0 Å². The molecule has 2 aromatic heterocycles. The molecule has 9 heteroatoms. The Morgan fingerprint density at radius 3 is 2.68 bits per heavy atom. The molecule has 3 rings (SSSR count). The molecule has 0 unspecified atom stereocenters. The van der Waals surface area contributed by atoms with E-state index in [1.165, 1.54) is 11.3 Å². The van der Waals surface area contributed by atoms with Gasteiger partial charge in [-0.05, 0) is 52.0 Å². The predicted octanol–water partition coefficient (Wildman–Crippen LogP) is 3.21. The number of fused-ring (bicyclic) bond motifs is 1. The van der Waals surface area contributed by atoms with Gasteiger partial charge in [0.1, 0.15) is 10.7 Å². The maximum Gasteiger partial charge on any atom is 0.341 e. The van der Waals surface area contributed by atoms with E-state index in [4.69, 9.17) is 9.26 Å². The Hall–Kier alpha value is -1.87.